The molecule has 0 nitrogen and oxygen atoms in total. The normalized spacial score (nSPS) is 14.7. The van der Waals surface area contributed by atoms with Crippen molar-refractivity contribution in [1.29, 1.82) is 0 Å². The van der Waals surface area contributed by atoms with Gasteiger partial charge in [-0.3, -0.25) is 0 Å². The smallest absolute Gasteiger partial charge is 0 e. The Hall–Kier alpha value is 0.244. The molecule has 0 aromatic rings. The van der Waals surface area contributed by atoms with Gasteiger partial charge >= 0.3 is 52.0 Å². The maximum Gasteiger partial charge on any atom is 0 e. The molecule has 0 rings (SSSR count). The van der Waals surface area contributed by atoms with E-state index >= 15 is 0 Å². The van der Waals surface area contributed by atoms with Crippen LogP contribution in [0.2, 0.25) is 0 Å². The topological polar surface area (TPSA) is 0 Å². The van der Waals surface area contributed by atoms with Crippen LogP contribution >= 0.6 is 8.19 Å². The van der Waals surface area contributed by atoms with Gasteiger partial charge in [-0.1, -0.05) is 0 Å². The van der Waals surface area contributed by atoms with E-state index in [9.17, 15) is 25.8 Å². The summed E-state index contributed by atoms with van der Waals surface area (Å²) in [5.41, 5.74) is 0. The Labute approximate surface area is 69.3 Å². The third-order valence-electron chi connectivity index (χ3n) is 0.461. The first-order chi connectivity index (χ1) is 4.21. The zero-order valence-corrected chi connectivity index (χ0v) is 6.73. The van der Waals surface area contributed by atoms with Crippen LogP contribution in [0, 0.1) is 0 Å². The van der Waals surface area contributed by atoms with E-state index < -0.39 is 26.3 Å². The van der Waals surface area contributed by atoms with E-state index in [0.29, 0.717) is 0 Å². The first-order valence-electron chi connectivity index (χ1n) is 2.04. The standard InChI is InChI=1S/C3H3F6P.Ni/c4-3(5,6)1-2-10(7,8)9;/h1-2,10H;. The van der Waals surface area contributed by atoms with Crippen molar-refractivity contribution in [3.8, 4) is 0 Å². The Morgan fingerprint density at radius 3 is 1.45 bits per heavy atom. The van der Waals surface area contributed by atoms with Crippen molar-refractivity contribution in [1.82, 2.24) is 0 Å². The first-order valence-corrected chi connectivity index (χ1v) is 3.76. The number of rotatable bonds is 1. The summed E-state index contributed by atoms with van der Waals surface area (Å²) < 4.78 is 66.5. The van der Waals surface area contributed by atoms with Gasteiger partial charge in [-0.25, -0.2) is 0 Å². The minimum atomic E-state index is -6.17. The van der Waals surface area contributed by atoms with Gasteiger partial charge in [-0.2, -0.15) is 0 Å². The Morgan fingerprint density at radius 2 is 1.36 bits per heavy atom. The quantitative estimate of drug-likeness (QED) is 0.375. The molecule has 0 aliphatic heterocycles. The molecule has 0 radical (unpaired) electrons. The Morgan fingerprint density at radius 1 is 1.00 bits per heavy atom. The minimum absolute atomic E-state index is 0. The molecule has 0 aromatic carbocycles. The fraction of sp³-hybridized carbons (Fsp3) is 0.333. The summed E-state index contributed by atoms with van der Waals surface area (Å²) in [6.07, 6.45) is -5.65. The summed E-state index contributed by atoms with van der Waals surface area (Å²) in [7, 11) is -6.17. The Kier molecular flexibility index (Phi) is 5.42. The van der Waals surface area contributed by atoms with Gasteiger partial charge in [-0.15, -0.1) is 0 Å². The average Bonchev–Trinajstić information content (AvgIpc) is 1.57. The molecule has 8 heteroatoms. The van der Waals surface area contributed by atoms with Crippen molar-refractivity contribution in [3.05, 3.63) is 11.9 Å². The molecule has 0 N–H and O–H groups in total. The van der Waals surface area contributed by atoms with Gasteiger partial charge in [0, 0.05) is 16.5 Å². The molecule has 72 valence electrons. The van der Waals surface area contributed by atoms with Gasteiger partial charge < -0.3 is 0 Å². The van der Waals surface area contributed by atoms with Crippen LogP contribution < -0.4 is 0 Å². The van der Waals surface area contributed by atoms with Crippen molar-refractivity contribution in [3.63, 3.8) is 0 Å². The average molecular weight is 243 g/mol. The number of alkyl halides is 3. The molecule has 0 saturated carbocycles. The molecule has 0 aliphatic rings. The second-order valence-electron chi connectivity index (χ2n) is 1.42. The molecule has 0 heterocycles. The number of hydrogen-bond acceptors (Lipinski definition) is 0. The van der Waals surface area contributed by atoms with Crippen LogP contribution in [0.5, 0.6) is 0 Å². The zero-order valence-electron chi connectivity index (χ0n) is 4.74. The summed E-state index contributed by atoms with van der Waals surface area (Å²) in [4.78, 5) is 0. The fourth-order valence-corrected chi connectivity index (χ4v) is 0.567. The van der Waals surface area contributed by atoms with E-state index in [1.807, 2.05) is 0 Å². The maximum absolute atomic E-state index is 11.1. The Balaban J connectivity index is 0. The summed E-state index contributed by atoms with van der Waals surface area (Å²) in [6.45, 7) is 0. The molecule has 0 aromatic heterocycles. The van der Waals surface area contributed by atoms with Crippen molar-refractivity contribution < 1.29 is 42.3 Å². The monoisotopic (exact) mass is 242 g/mol. The van der Waals surface area contributed by atoms with Gasteiger partial charge in [0.2, 0.25) is 0 Å². The van der Waals surface area contributed by atoms with Gasteiger partial charge in [0.05, 0.1) is 0 Å². The molecule has 0 spiro atoms. The molecule has 0 atom stereocenters. The van der Waals surface area contributed by atoms with Crippen LogP contribution in [-0.2, 0) is 16.5 Å². The first kappa shape index (κ1) is 13.8. The fourth-order valence-electron chi connectivity index (χ4n) is 0.189. The van der Waals surface area contributed by atoms with E-state index in [4.69, 9.17) is 0 Å². The van der Waals surface area contributed by atoms with E-state index in [0.717, 1.165) is 0 Å². The van der Waals surface area contributed by atoms with Gasteiger partial charge in [0.15, 0.2) is 0 Å². The van der Waals surface area contributed by atoms with Crippen LogP contribution in [0.15, 0.2) is 11.9 Å². The zero-order chi connectivity index (χ0) is 8.41. The predicted molar refractivity (Wildman–Crippen MR) is 26.8 cm³/mol. The van der Waals surface area contributed by atoms with Crippen molar-refractivity contribution in [2.75, 3.05) is 0 Å². The van der Waals surface area contributed by atoms with Gasteiger partial charge in [0.25, 0.3) is 0 Å². The molecule has 0 bridgehead atoms. The summed E-state index contributed by atoms with van der Waals surface area (Å²) in [5, 5.41) is 0. The van der Waals surface area contributed by atoms with Crippen molar-refractivity contribution in [2.45, 2.75) is 6.18 Å². The maximum atomic E-state index is 11.1. The second-order valence-corrected chi connectivity index (χ2v) is 2.83. The number of hydrogen-bond donors (Lipinski definition) is 0. The number of halogens is 6. The summed E-state index contributed by atoms with van der Waals surface area (Å²) in [5.74, 6) is -0.715. The van der Waals surface area contributed by atoms with E-state index in [-0.39, 0.29) is 16.5 Å². The third-order valence-corrected chi connectivity index (χ3v) is 1.01. The molecular weight excluding hydrogens is 240 g/mol. The van der Waals surface area contributed by atoms with Crippen LogP contribution in [0.1, 0.15) is 0 Å². The summed E-state index contributed by atoms with van der Waals surface area (Å²) in [6, 6.07) is 0. The van der Waals surface area contributed by atoms with E-state index in [1.165, 1.54) is 0 Å². The van der Waals surface area contributed by atoms with Gasteiger partial charge in [-0.05, 0) is 0 Å². The molecular formula is C3H3F6NiP. The molecule has 0 unspecified atom stereocenters. The van der Waals surface area contributed by atoms with Crippen LogP contribution in [0.4, 0.5) is 25.8 Å². The Bertz CT molecular complexity index is 118. The second kappa shape index (κ2) is 4.31. The minimum Gasteiger partial charge on any atom is 0 e. The predicted octanol–water partition coefficient (Wildman–Crippen LogP) is 3.46. The summed E-state index contributed by atoms with van der Waals surface area (Å²) >= 11 is 0. The molecule has 0 aliphatic carbocycles. The van der Waals surface area contributed by atoms with E-state index in [2.05, 4.69) is 0 Å². The molecule has 0 saturated heterocycles. The third kappa shape index (κ3) is 13.3. The molecule has 0 amide bonds. The van der Waals surface area contributed by atoms with Crippen molar-refractivity contribution >= 4 is 8.19 Å². The van der Waals surface area contributed by atoms with Crippen LogP contribution in [-0.4, -0.2) is 6.18 Å². The van der Waals surface area contributed by atoms with Gasteiger partial charge in [0.1, 0.15) is 0 Å². The van der Waals surface area contributed by atoms with Crippen LogP contribution in [0.25, 0.3) is 0 Å². The molecule has 0 fully saturated rings. The largest absolute Gasteiger partial charge is 0 e. The van der Waals surface area contributed by atoms with Crippen LogP contribution in [0.3, 0.4) is 0 Å². The number of allylic oxidation sites excluding steroid dienone is 1. The molecule has 11 heavy (non-hydrogen) atoms. The van der Waals surface area contributed by atoms with Crippen molar-refractivity contribution in [2.24, 2.45) is 0 Å². The van der Waals surface area contributed by atoms with E-state index in [1.54, 1.807) is 0 Å². The SMILES string of the molecule is FC(F)(F)C=C[PH](F)(F)F.[Ni].